The van der Waals surface area contributed by atoms with E-state index in [1.807, 2.05) is 24.3 Å². The third kappa shape index (κ3) is 2.95. The highest BCUT2D eigenvalue weighted by molar-refractivity contribution is 5.43. The lowest BCUT2D eigenvalue weighted by molar-refractivity contribution is 0.298. The zero-order valence-electron chi connectivity index (χ0n) is 9.34. The maximum Gasteiger partial charge on any atom is 0.147 e. The second kappa shape index (κ2) is 5.32. The molecular formula is C13H14N2O2. The fraction of sp³-hybridized carbons (Fsp3) is 0.154. The highest BCUT2D eigenvalue weighted by Gasteiger charge is 2.04. The lowest BCUT2D eigenvalue weighted by atomic mass is 10.1. The van der Waals surface area contributed by atoms with Crippen molar-refractivity contribution in [3.63, 3.8) is 0 Å². The Bertz CT molecular complexity index is 500. The third-order valence-corrected chi connectivity index (χ3v) is 2.32. The van der Waals surface area contributed by atoms with Crippen LogP contribution in [0.25, 0.3) is 0 Å². The van der Waals surface area contributed by atoms with Gasteiger partial charge in [-0.05, 0) is 18.1 Å². The Morgan fingerprint density at radius 1 is 1.24 bits per heavy atom. The molecule has 0 saturated carbocycles. The van der Waals surface area contributed by atoms with Crippen molar-refractivity contribution >= 4 is 5.69 Å². The normalized spacial score (nSPS) is 10.2. The average Bonchev–Trinajstić information content (AvgIpc) is 2.32. The molecule has 0 aliphatic heterocycles. The van der Waals surface area contributed by atoms with Crippen molar-refractivity contribution in [2.75, 3.05) is 12.3 Å². The fourth-order valence-corrected chi connectivity index (χ4v) is 1.55. The van der Waals surface area contributed by atoms with Crippen LogP contribution in [0, 0.1) is 0 Å². The Hall–Kier alpha value is -2.07. The molecule has 3 N–H and O–H groups in total. The molecule has 1 aromatic carbocycles. The monoisotopic (exact) mass is 230 g/mol. The summed E-state index contributed by atoms with van der Waals surface area (Å²) in [5.74, 6) is 1.31. The smallest absolute Gasteiger partial charge is 0.147 e. The minimum atomic E-state index is 0.0928. The number of ether oxygens (including phenoxy) is 1. The van der Waals surface area contributed by atoms with Gasteiger partial charge in [-0.1, -0.05) is 18.2 Å². The number of benzene rings is 1. The number of nitrogens with zero attached hydrogens (tertiary/aromatic N) is 1. The molecule has 17 heavy (non-hydrogen) atoms. The molecule has 0 unspecified atom stereocenters. The lowest BCUT2D eigenvalue weighted by Gasteiger charge is -2.10. The van der Waals surface area contributed by atoms with Crippen molar-refractivity contribution in [1.29, 1.82) is 0 Å². The summed E-state index contributed by atoms with van der Waals surface area (Å²) >= 11 is 0. The van der Waals surface area contributed by atoms with Crippen LogP contribution < -0.4 is 10.5 Å². The van der Waals surface area contributed by atoms with Gasteiger partial charge in [0.05, 0.1) is 18.1 Å². The van der Waals surface area contributed by atoms with E-state index in [2.05, 4.69) is 4.98 Å². The topological polar surface area (TPSA) is 68.4 Å². The summed E-state index contributed by atoms with van der Waals surface area (Å²) in [4.78, 5) is 3.96. The standard InChI is InChI=1S/C13H14N2O2/c14-11-7-12(9-15-8-11)17-13-4-2-1-3-10(13)5-6-16/h1-4,7-9,16H,5-6,14H2. The van der Waals surface area contributed by atoms with Gasteiger partial charge in [-0.25, -0.2) is 0 Å². The molecule has 4 heteroatoms. The minimum Gasteiger partial charge on any atom is -0.455 e. The van der Waals surface area contributed by atoms with E-state index in [1.165, 1.54) is 0 Å². The molecule has 2 rings (SSSR count). The molecular weight excluding hydrogens is 216 g/mol. The molecule has 1 aromatic heterocycles. The zero-order chi connectivity index (χ0) is 12.1. The Morgan fingerprint density at radius 2 is 2.06 bits per heavy atom. The van der Waals surface area contributed by atoms with Gasteiger partial charge in [-0.3, -0.25) is 4.98 Å². The number of aliphatic hydroxyl groups is 1. The van der Waals surface area contributed by atoms with E-state index in [4.69, 9.17) is 15.6 Å². The largest absolute Gasteiger partial charge is 0.455 e. The van der Waals surface area contributed by atoms with Gasteiger partial charge in [0.25, 0.3) is 0 Å². The minimum absolute atomic E-state index is 0.0928. The molecule has 0 saturated heterocycles. The van der Waals surface area contributed by atoms with Gasteiger partial charge >= 0.3 is 0 Å². The predicted molar refractivity (Wildman–Crippen MR) is 66.0 cm³/mol. The highest BCUT2D eigenvalue weighted by Crippen LogP contribution is 2.25. The second-order valence-corrected chi connectivity index (χ2v) is 3.64. The van der Waals surface area contributed by atoms with Crippen molar-refractivity contribution in [3.8, 4) is 11.5 Å². The molecule has 88 valence electrons. The Balaban J connectivity index is 2.23. The molecule has 0 spiro atoms. The molecule has 0 radical (unpaired) electrons. The Morgan fingerprint density at radius 3 is 2.82 bits per heavy atom. The number of aromatic nitrogens is 1. The van der Waals surface area contributed by atoms with Crippen molar-refractivity contribution < 1.29 is 9.84 Å². The van der Waals surface area contributed by atoms with Crippen molar-refractivity contribution in [2.24, 2.45) is 0 Å². The maximum atomic E-state index is 8.97. The number of para-hydroxylation sites is 1. The van der Waals surface area contributed by atoms with Crippen LogP contribution in [0.5, 0.6) is 11.5 Å². The maximum absolute atomic E-state index is 8.97. The first kappa shape index (κ1) is 11.4. The van der Waals surface area contributed by atoms with E-state index in [0.29, 0.717) is 23.6 Å². The molecule has 1 heterocycles. The van der Waals surface area contributed by atoms with Gasteiger partial charge in [0.1, 0.15) is 11.5 Å². The first-order valence-corrected chi connectivity index (χ1v) is 5.37. The lowest BCUT2D eigenvalue weighted by Crippen LogP contribution is -1.96. The first-order valence-electron chi connectivity index (χ1n) is 5.37. The number of hydrogen-bond donors (Lipinski definition) is 2. The molecule has 0 atom stereocenters. The average molecular weight is 230 g/mol. The van der Waals surface area contributed by atoms with Crippen LogP contribution in [0.4, 0.5) is 5.69 Å². The van der Waals surface area contributed by atoms with Gasteiger partial charge in [0.2, 0.25) is 0 Å². The van der Waals surface area contributed by atoms with E-state index < -0.39 is 0 Å². The van der Waals surface area contributed by atoms with Crippen LogP contribution >= 0.6 is 0 Å². The quantitative estimate of drug-likeness (QED) is 0.842. The van der Waals surface area contributed by atoms with Gasteiger partial charge in [0, 0.05) is 12.7 Å². The predicted octanol–water partition coefficient (Wildman–Crippen LogP) is 1.99. The molecule has 0 bridgehead atoms. The van der Waals surface area contributed by atoms with E-state index in [0.717, 1.165) is 5.56 Å². The number of pyridine rings is 1. The van der Waals surface area contributed by atoms with Crippen LogP contribution in [-0.2, 0) is 6.42 Å². The van der Waals surface area contributed by atoms with Crippen LogP contribution in [0.15, 0.2) is 42.7 Å². The summed E-state index contributed by atoms with van der Waals surface area (Å²) in [6.07, 6.45) is 3.73. The summed E-state index contributed by atoms with van der Waals surface area (Å²) in [6, 6.07) is 9.29. The van der Waals surface area contributed by atoms with Crippen LogP contribution in [-0.4, -0.2) is 16.7 Å². The first-order chi connectivity index (χ1) is 8.29. The summed E-state index contributed by atoms with van der Waals surface area (Å²) in [5, 5.41) is 8.97. The number of aliphatic hydroxyl groups excluding tert-OH is 1. The van der Waals surface area contributed by atoms with Crippen LogP contribution in [0.2, 0.25) is 0 Å². The molecule has 2 aromatic rings. The van der Waals surface area contributed by atoms with E-state index in [1.54, 1.807) is 18.5 Å². The van der Waals surface area contributed by atoms with Gasteiger partial charge in [-0.2, -0.15) is 0 Å². The molecule has 0 fully saturated rings. The highest BCUT2D eigenvalue weighted by atomic mass is 16.5. The molecule has 0 aliphatic carbocycles. The summed E-state index contributed by atoms with van der Waals surface area (Å²) in [5.41, 5.74) is 7.14. The fourth-order valence-electron chi connectivity index (χ4n) is 1.55. The third-order valence-electron chi connectivity index (χ3n) is 2.32. The molecule has 4 nitrogen and oxygen atoms in total. The Labute approximate surface area is 99.7 Å². The number of hydrogen-bond acceptors (Lipinski definition) is 4. The number of anilines is 1. The second-order valence-electron chi connectivity index (χ2n) is 3.64. The number of nitrogen functional groups attached to an aromatic ring is 1. The number of nitrogens with two attached hydrogens (primary N) is 1. The van der Waals surface area contributed by atoms with Crippen molar-refractivity contribution in [1.82, 2.24) is 4.98 Å². The summed E-state index contributed by atoms with van der Waals surface area (Å²) < 4.78 is 5.69. The van der Waals surface area contributed by atoms with Gasteiger partial charge < -0.3 is 15.6 Å². The summed E-state index contributed by atoms with van der Waals surface area (Å²) in [7, 11) is 0. The molecule has 0 aliphatic rings. The van der Waals surface area contributed by atoms with Crippen LogP contribution in [0.1, 0.15) is 5.56 Å². The van der Waals surface area contributed by atoms with Gasteiger partial charge in [0.15, 0.2) is 0 Å². The number of rotatable bonds is 4. The van der Waals surface area contributed by atoms with E-state index in [-0.39, 0.29) is 6.61 Å². The van der Waals surface area contributed by atoms with E-state index >= 15 is 0 Å². The van der Waals surface area contributed by atoms with E-state index in [9.17, 15) is 0 Å². The SMILES string of the molecule is Nc1cncc(Oc2ccccc2CCO)c1. The molecule has 0 amide bonds. The van der Waals surface area contributed by atoms with Crippen molar-refractivity contribution in [2.45, 2.75) is 6.42 Å². The van der Waals surface area contributed by atoms with Crippen molar-refractivity contribution in [3.05, 3.63) is 48.3 Å². The zero-order valence-corrected chi connectivity index (χ0v) is 9.34. The van der Waals surface area contributed by atoms with Crippen LogP contribution in [0.3, 0.4) is 0 Å². The van der Waals surface area contributed by atoms with Gasteiger partial charge in [-0.15, -0.1) is 0 Å². The Kier molecular flexibility index (Phi) is 3.57. The summed E-state index contributed by atoms with van der Waals surface area (Å²) in [6.45, 7) is 0.0928.